The third-order valence-corrected chi connectivity index (χ3v) is 1.40. The van der Waals surface area contributed by atoms with E-state index in [0.717, 1.165) is 5.56 Å². The molecular formula is C7H7CfClO. The SMILES string of the molecule is Oc1ccc(CCl)cc1.[Cf]. The van der Waals surface area contributed by atoms with Gasteiger partial charge in [-0.1, -0.05) is 12.1 Å². The van der Waals surface area contributed by atoms with Crippen molar-refractivity contribution in [3.8, 4) is 5.75 Å². The number of phenolic OH excluding ortho intramolecular Hbond substituents is 1. The van der Waals surface area contributed by atoms with Crippen molar-refractivity contribution in [2.75, 3.05) is 0 Å². The van der Waals surface area contributed by atoms with Crippen LogP contribution in [-0.2, 0) is 5.88 Å². The minimum absolute atomic E-state index is 0. The maximum Gasteiger partial charge on any atom is 0.115 e. The van der Waals surface area contributed by atoms with Gasteiger partial charge in [-0.05, 0) is 17.7 Å². The standard InChI is InChI=1S/C7H7ClO.Cf/c8-5-6-1-3-7(9)4-2-6;/h1-4,9H,5H2;. The van der Waals surface area contributed by atoms with Gasteiger partial charge in [-0.15, -0.1) is 11.6 Å². The molecule has 0 spiro atoms. The van der Waals surface area contributed by atoms with Crippen molar-refractivity contribution in [1.29, 1.82) is 0 Å². The van der Waals surface area contributed by atoms with Crippen LogP contribution in [0.5, 0.6) is 5.75 Å². The molecule has 1 rings (SSSR count). The molecule has 3 heteroatoms. The largest absolute Gasteiger partial charge is 0.508 e. The summed E-state index contributed by atoms with van der Waals surface area (Å²) in [4.78, 5) is 0. The van der Waals surface area contributed by atoms with Crippen LogP contribution in [0.2, 0.25) is 0 Å². The number of rotatable bonds is 1. The van der Waals surface area contributed by atoms with Gasteiger partial charge in [0.1, 0.15) is 5.75 Å². The Balaban J connectivity index is 0.000000810. The Labute approximate surface area is 58.9 Å². The summed E-state index contributed by atoms with van der Waals surface area (Å²) in [6, 6.07) is 6.83. The molecule has 1 aromatic rings. The molecule has 0 aliphatic rings. The van der Waals surface area contributed by atoms with Crippen LogP contribution in [0.3, 0.4) is 0 Å². The number of benzene rings is 1. The third kappa shape index (κ3) is 1.67. The van der Waals surface area contributed by atoms with Crippen LogP contribution >= 0.6 is 11.6 Å². The molecule has 0 amide bonds. The average molecular weight is 394 g/mol. The van der Waals surface area contributed by atoms with E-state index in [9.17, 15) is 0 Å². The molecule has 0 bridgehead atoms. The fourth-order valence-electron chi connectivity index (χ4n) is 0.585. The monoisotopic (exact) mass is 391 g/mol. The van der Waals surface area contributed by atoms with Crippen molar-refractivity contribution in [2.45, 2.75) is 5.88 Å². The zero-order chi connectivity index (χ0) is 6.69. The van der Waals surface area contributed by atoms with Gasteiger partial charge < -0.3 is 5.11 Å². The molecule has 0 aliphatic heterocycles. The number of alkyl halides is 1. The maximum absolute atomic E-state index is 8.81. The van der Waals surface area contributed by atoms with Gasteiger partial charge in [-0.25, -0.2) is 0 Å². The Morgan fingerprint density at radius 3 is 2.10 bits per heavy atom. The van der Waals surface area contributed by atoms with Crippen molar-refractivity contribution in [2.24, 2.45) is 0 Å². The van der Waals surface area contributed by atoms with Crippen LogP contribution < -0.4 is 0 Å². The van der Waals surface area contributed by atoms with Crippen molar-refractivity contribution in [3.63, 3.8) is 0 Å². The minimum Gasteiger partial charge on any atom is -0.508 e. The molecule has 1 aromatic carbocycles. The molecule has 0 atom stereocenters. The molecule has 0 unspecified atom stereocenters. The maximum atomic E-state index is 8.81. The first kappa shape index (κ1) is 8.31. The molecule has 1 N–H and O–H groups in total. The first-order valence-corrected chi connectivity index (χ1v) is 3.20. The van der Waals surface area contributed by atoms with Gasteiger partial charge in [0.05, 0.1) is 0 Å². The van der Waals surface area contributed by atoms with Crippen molar-refractivity contribution < 1.29 is 5.11 Å². The Morgan fingerprint density at radius 2 is 1.70 bits per heavy atom. The molecular weight excluding hydrogens is 387 g/mol. The zero-order valence-corrected chi connectivity index (χ0v) is 8.55. The van der Waals surface area contributed by atoms with E-state index in [1.807, 2.05) is 0 Å². The molecule has 58 valence electrons. The second-order valence-electron chi connectivity index (χ2n) is 1.80. The number of aromatic hydroxyl groups is 1. The average Bonchev–Trinajstić information content (AvgIpc) is 1.90. The number of hydrogen-bond acceptors (Lipinski definition) is 1. The zero-order valence-electron chi connectivity index (χ0n) is 5.16. The van der Waals surface area contributed by atoms with Crippen molar-refractivity contribution in [1.82, 2.24) is 0 Å². The van der Waals surface area contributed by atoms with E-state index in [1.54, 1.807) is 24.3 Å². The predicted molar refractivity (Wildman–Crippen MR) is 37.7 cm³/mol. The van der Waals surface area contributed by atoms with E-state index in [0.29, 0.717) is 5.88 Å². The van der Waals surface area contributed by atoms with E-state index >= 15 is 0 Å². The Morgan fingerprint density at radius 1 is 1.20 bits per heavy atom. The van der Waals surface area contributed by atoms with Gasteiger partial charge in [-0.3, -0.25) is 0 Å². The quantitative estimate of drug-likeness (QED) is 0.725. The molecule has 0 fully saturated rings. The normalized spacial score (nSPS) is 8.50. The van der Waals surface area contributed by atoms with E-state index in [1.165, 1.54) is 0 Å². The summed E-state index contributed by atoms with van der Waals surface area (Å²) in [6.07, 6.45) is 0. The third-order valence-electron chi connectivity index (χ3n) is 1.09. The van der Waals surface area contributed by atoms with Gasteiger partial charge in [-0.2, -0.15) is 0 Å². The second-order valence-corrected chi connectivity index (χ2v) is 2.07. The molecule has 0 aromatic heterocycles. The molecule has 0 heterocycles. The summed E-state index contributed by atoms with van der Waals surface area (Å²) >= 11 is 5.50. The first-order chi connectivity index (χ1) is 4.33. The number of phenols is 1. The molecule has 0 saturated heterocycles. The Hall–Kier alpha value is -1.69. The minimum atomic E-state index is 0. The van der Waals surface area contributed by atoms with Crippen molar-refractivity contribution in [3.05, 3.63) is 29.8 Å². The Bertz CT molecular complexity index is 185. The van der Waals surface area contributed by atoms with Crippen LogP contribution in [0.4, 0.5) is 0 Å². The molecule has 10 heavy (non-hydrogen) atoms. The fourth-order valence-corrected chi connectivity index (χ4v) is 0.763. The van der Waals surface area contributed by atoms with Gasteiger partial charge >= 0.3 is 0 Å². The van der Waals surface area contributed by atoms with Gasteiger partial charge in [0.15, 0.2) is 0 Å². The summed E-state index contributed by atoms with van der Waals surface area (Å²) in [5.74, 6) is 0.782. The smallest absolute Gasteiger partial charge is 0.115 e. The van der Waals surface area contributed by atoms with E-state index in [4.69, 9.17) is 16.7 Å². The van der Waals surface area contributed by atoms with Crippen LogP contribution in [0, 0.1) is 0 Å². The van der Waals surface area contributed by atoms with Crippen LogP contribution in [0.25, 0.3) is 0 Å². The fraction of sp³-hybridized carbons (Fsp3) is 0.143. The summed E-state index contributed by atoms with van der Waals surface area (Å²) in [5, 5.41) is 8.81. The van der Waals surface area contributed by atoms with E-state index < -0.39 is 0 Å². The molecule has 1 nitrogen and oxygen atoms in total. The Kier molecular flexibility index (Phi) is 2.79. The topological polar surface area (TPSA) is 20.2 Å². The van der Waals surface area contributed by atoms with Crippen LogP contribution in [-0.4, -0.2) is 5.11 Å². The second kappa shape index (κ2) is 3.36. The summed E-state index contributed by atoms with van der Waals surface area (Å²) in [5.41, 5.74) is 1.02. The molecule has 0 saturated carbocycles. The summed E-state index contributed by atoms with van der Waals surface area (Å²) in [6.45, 7) is 0. The summed E-state index contributed by atoms with van der Waals surface area (Å²) < 4.78 is 0. The van der Waals surface area contributed by atoms with Gasteiger partial charge in [0, 0.05) is 5.88 Å². The van der Waals surface area contributed by atoms with Crippen LogP contribution in [0.1, 0.15) is 5.56 Å². The first-order valence-electron chi connectivity index (χ1n) is 2.67. The van der Waals surface area contributed by atoms with Crippen molar-refractivity contribution >= 4 is 11.6 Å². The predicted octanol–water partition coefficient (Wildman–Crippen LogP) is 2.13. The van der Waals surface area contributed by atoms with Crippen LogP contribution in [0.15, 0.2) is 24.3 Å². The molecule has 0 radical (unpaired) electrons. The molecule has 0 aliphatic carbocycles. The summed E-state index contributed by atoms with van der Waals surface area (Å²) in [7, 11) is 0. The number of hydrogen-bond donors (Lipinski definition) is 1. The van der Waals surface area contributed by atoms with E-state index in [-0.39, 0.29) is 5.75 Å². The van der Waals surface area contributed by atoms with Gasteiger partial charge in [0.2, 0.25) is 0 Å². The van der Waals surface area contributed by atoms with Gasteiger partial charge in [0.25, 0.3) is 0 Å². The number of halogens is 1. The van der Waals surface area contributed by atoms with E-state index in [2.05, 4.69) is 0 Å².